The van der Waals surface area contributed by atoms with Crippen molar-refractivity contribution >= 4 is 5.91 Å². The second-order valence-corrected chi connectivity index (χ2v) is 5.44. The molecule has 2 aromatic rings. The van der Waals surface area contributed by atoms with Crippen molar-refractivity contribution in [1.29, 1.82) is 0 Å². The van der Waals surface area contributed by atoms with Gasteiger partial charge in [-0.15, -0.1) is 0 Å². The number of carbonyl (C=O) groups is 1. The lowest BCUT2D eigenvalue weighted by Crippen LogP contribution is -2.34. The number of nitrogens with zero attached hydrogens (tertiary/aromatic N) is 1. The molecule has 4 nitrogen and oxygen atoms in total. The maximum atomic E-state index is 12.4. The Morgan fingerprint density at radius 1 is 1.33 bits per heavy atom. The van der Waals surface area contributed by atoms with E-state index in [-0.39, 0.29) is 11.9 Å². The lowest BCUT2D eigenvalue weighted by atomic mass is 10.1. The van der Waals surface area contributed by atoms with E-state index in [1.165, 1.54) is 0 Å². The highest BCUT2D eigenvalue weighted by molar-refractivity contribution is 5.95. The maximum absolute atomic E-state index is 12.4. The Kier molecular flexibility index (Phi) is 4.89. The van der Waals surface area contributed by atoms with Gasteiger partial charge in [-0.25, -0.2) is 0 Å². The van der Waals surface area contributed by atoms with E-state index in [0.717, 1.165) is 35.6 Å². The number of hydrogen-bond acceptors (Lipinski definition) is 2. The van der Waals surface area contributed by atoms with Gasteiger partial charge in [-0.1, -0.05) is 13.8 Å². The van der Waals surface area contributed by atoms with Gasteiger partial charge in [0, 0.05) is 17.4 Å². The molecule has 0 saturated carbocycles. The lowest BCUT2D eigenvalue weighted by Gasteiger charge is -2.14. The van der Waals surface area contributed by atoms with Crippen LogP contribution in [0.1, 0.15) is 54.2 Å². The molecule has 0 aromatic carbocycles. The van der Waals surface area contributed by atoms with Crippen molar-refractivity contribution in [3.05, 3.63) is 47.2 Å². The minimum Gasteiger partial charge on any atom is -0.467 e. The van der Waals surface area contributed by atoms with Crippen molar-refractivity contribution < 1.29 is 9.21 Å². The summed E-state index contributed by atoms with van der Waals surface area (Å²) in [5.41, 5.74) is 2.80. The Morgan fingerprint density at radius 2 is 2.05 bits per heavy atom. The van der Waals surface area contributed by atoms with Crippen LogP contribution in [0.5, 0.6) is 0 Å². The van der Waals surface area contributed by atoms with Crippen LogP contribution in [-0.2, 0) is 6.54 Å². The Balaban J connectivity index is 2.20. The van der Waals surface area contributed by atoms with Crippen LogP contribution in [0.2, 0.25) is 0 Å². The van der Waals surface area contributed by atoms with E-state index in [4.69, 9.17) is 4.42 Å². The highest BCUT2D eigenvalue weighted by Crippen LogP contribution is 2.18. The molecule has 0 spiro atoms. The van der Waals surface area contributed by atoms with Crippen molar-refractivity contribution in [3.8, 4) is 0 Å². The van der Waals surface area contributed by atoms with Crippen molar-refractivity contribution in [2.75, 3.05) is 0 Å². The molecule has 0 saturated heterocycles. The molecule has 21 heavy (non-hydrogen) atoms. The minimum absolute atomic E-state index is 0.0162. The van der Waals surface area contributed by atoms with Crippen molar-refractivity contribution in [3.63, 3.8) is 0 Å². The molecule has 4 heteroatoms. The number of aryl methyl sites for hydroxylation is 1. The molecule has 2 heterocycles. The number of nitrogens with one attached hydrogen (secondary N) is 1. The zero-order chi connectivity index (χ0) is 15.4. The highest BCUT2D eigenvalue weighted by atomic mass is 16.3. The fraction of sp³-hybridized carbons (Fsp3) is 0.471. The first-order valence-electron chi connectivity index (χ1n) is 7.56. The van der Waals surface area contributed by atoms with Gasteiger partial charge in [0.15, 0.2) is 0 Å². The van der Waals surface area contributed by atoms with Gasteiger partial charge in [0.1, 0.15) is 5.76 Å². The third-order valence-electron chi connectivity index (χ3n) is 4.03. The van der Waals surface area contributed by atoms with Gasteiger partial charge in [0.2, 0.25) is 0 Å². The summed E-state index contributed by atoms with van der Waals surface area (Å²) in [4.78, 5) is 12.4. The van der Waals surface area contributed by atoms with Gasteiger partial charge in [-0.2, -0.15) is 0 Å². The summed E-state index contributed by atoms with van der Waals surface area (Å²) in [5.74, 6) is 0.909. The summed E-state index contributed by atoms with van der Waals surface area (Å²) in [7, 11) is 0. The number of rotatable bonds is 6. The third-order valence-corrected chi connectivity index (χ3v) is 4.03. The SMILES string of the molecule is CCC(CC)NC(=O)c1cc(C)n(Cc2ccco2)c1C. The molecule has 1 N–H and O–H groups in total. The predicted molar refractivity (Wildman–Crippen MR) is 83.6 cm³/mol. The average molecular weight is 288 g/mol. The van der Waals surface area contributed by atoms with E-state index in [2.05, 4.69) is 23.7 Å². The first-order chi connectivity index (χ1) is 10.1. The normalized spacial score (nSPS) is 11.1. The van der Waals surface area contributed by atoms with Crippen LogP contribution in [0.3, 0.4) is 0 Å². The van der Waals surface area contributed by atoms with Gasteiger partial charge in [0.05, 0.1) is 18.4 Å². The van der Waals surface area contributed by atoms with Crippen LogP contribution in [0.15, 0.2) is 28.9 Å². The molecule has 0 bridgehead atoms. The molecule has 2 rings (SSSR count). The van der Waals surface area contributed by atoms with Crippen LogP contribution in [-0.4, -0.2) is 16.5 Å². The number of aromatic nitrogens is 1. The number of amides is 1. The van der Waals surface area contributed by atoms with E-state index in [9.17, 15) is 4.79 Å². The average Bonchev–Trinajstić information content (AvgIpc) is 3.08. The molecule has 0 atom stereocenters. The van der Waals surface area contributed by atoms with E-state index in [0.29, 0.717) is 6.54 Å². The highest BCUT2D eigenvalue weighted by Gasteiger charge is 2.18. The Hall–Kier alpha value is -1.97. The van der Waals surface area contributed by atoms with Crippen LogP contribution < -0.4 is 5.32 Å². The number of furan rings is 1. The van der Waals surface area contributed by atoms with E-state index >= 15 is 0 Å². The molecular weight excluding hydrogens is 264 g/mol. The zero-order valence-electron chi connectivity index (χ0n) is 13.3. The van der Waals surface area contributed by atoms with Crippen LogP contribution in [0, 0.1) is 13.8 Å². The molecule has 1 amide bonds. The molecule has 0 fully saturated rings. The standard InChI is InChI=1S/C17H24N2O2/c1-5-14(6-2)18-17(20)16-10-12(3)19(13(16)4)11-15-8-7-9-21-15/h7-10,14H,5-6,11H2,1-4H3,(H,18,20). The van der Waals surface area contributed by atoms with Crippen molar-refractivity contribution in [2.45, 2.75) is 53.1 Å². The second-order valence-electron chi connectivity index (χ2n) is 5.44. The summed E-state index contributed by atoms with van der Waals surface area (Å²) in [5, 5.41) is 3.10. The van der Waals surface area contributed by atoms with Gasteiger partial charge < -0.3 is 14.3 Å². The summed E-state index contributed by atoms with van der Waals surface area (Å²) < 4.78 is 7.51. The summed E-state index contributed by atoms with van der Waals surface area (Å²) in [6.45, 7) is 8.84. The van der Waals surface area contributed by atoms with E-state index in [1.54, 1.807) is 6.26 Å². The smallest absolute Gasteiger partial charge is 0.253 e. The molecule has 0 aliphatic carbocycles. The summed E-state index contributed by atoms with van der Waals surface area (Å²) >= 11 is 0. The number of carbonyl (C=O) groups excluding carboxylic acids is 1. The van der Waals surface area contributed by atoms with Crippen LogP contribution in [0.25, 0.3) is 0 Å². The monoisotopic (exact) mass is 288 g/mol. The fourth-order valence-electron chi connectivity index (χ4n) is 2.59. The molecule has 2 aromatic heterocycles. The zero-order valence-corrected chi connectivity index (χ0v) is 13.3. The second kappa shape index (κ2) is 6.66. The Morgan fingerprint density at radius 3 is 2.62 bits per heavy atom. The molecule has 0 radical (unpaired) electrons. The first-order valence-corrected chi connectivity index (χ1v) is 7.56. The van der Waals surface area contributed by atoms with Crippen molar-refractivity contribution in [2.24, 2.45) is 0 Å². The van der Waals surface area contributed by atoms with E-state index < -0.39 is 0 Å². The van der Waals surface area contributed by atoms with Crippen molar-refractivity contribution in [1.82, 2.24) is 9.88 Å². The van der Waals surface area contributed by atoms with Gasteiger partial charge in [-0.3, -0.25) is 4.79 Å². The topological polar surface area (TPSA) is 47.2 Å². The first kappa shape index (κ1) is 15.4. The molecule has 0 aliphatic heterocycles. The Bertz CT molecular complexity index is 593. The van der Waals surface area contributed by atoms with Gasteiger partial charge >= 0.3 is 0 Å². The summed E-state index contributed by atoms with van der Waals surface area (Å²) in [6.07, 6.45) is 3.57. The van der Waals surface area contributed by atoms with E-state index in [1.807, 2.05) is 32.0 Å². The van der Waals surface area contributed by atoms with Gasteiger partial charge in [0.25, 0.3) is 5.91 Å². The quantitative estimate of drug-likeness (QED) is 0.881. The fourth-order valence-corrected chi connectivity index (χ4v) is 2.59. The molecule has 0 aliphatic rings. The lowest BCUT2D eigenvalue weighted by molar-refractivity contribution is 0.0934. The molecular formula is C17H24N2O2. The third kappa shape index (κ3) is 3.38. The van der Waals surface area contributed by atoms with Crippen LogP contribution in [0.4, 0.5) is 0 Å². The largest absolute Gasteiger partial charge is 0.467 e. The minimum atomic E-state index is 0.0162. The summed E-state index contributed by atoms with van der Waals surface area (Å²) in [6, 6.07) is 6.02. The van der Waals surface area contributed by atoms with Gasteiger partial charge in [-0.05, 0) is 44.9 Å². The number of hydrogen-bond donors (Lipinski definition) is 1. The molecule has 114 valence electrons. The predicted octanol–water partition coefficient (Wildman–Crippen LogP) is 3.66. The Labute approximate surface area is 126 Å². The van der Waals surface area contributed by atoms with Crippen LogP contribution >= 0.6 is 0 Å². The molecule has 0 unspecified atom stereocenters. The maximum Gasteiger partial charge on any atom is 0.253 e.